The van der Waals surface area contributed by atoms with Gasteiger partial charge in [-0.05, 0) is 26.0 Å². The number of rotatable bonds is 2. The van der Waals surface area contributed by atoms with Gasteiger partial charge in [0.15, 0.2) is 0 Å². The van der Waals surface area contributed by atoms with Crippen LogP contribution in [-0.2, 0) is 0 Å². The van der Waals surface area contributed by atoms with Crippen molar-refractivity contribution in [3.63, 3.8) is 0 Å². The number of pyridine rings is 1. The zero-order valence-electron chi connectivity index (χ0n) is 8.74. The highest BCUT2D eigenvalue weighted by Crippen LogP contribution is 2.13. The molecule has 2 aromatic heterocycles. The second-order valence-corrected chi connectivity index (χ2v) is 3.77. The monoisotopic (exact) mass is 203 g/mol. The average molecular weight is 203 g/mol. The Morgan fingerprint density at radius 3 is 3.00 bits per heavy atom. The number of hydrogen-bond donors (Lipinski definition) is 2. The minimum Gasteiger partial charge on any atom is -0.350 e. The molecule has 2 heterocycles. The smallest absolute Gasteiger partial charge is 0.267 e. The molecule has 2 rings (SSSR count). The van der Waals surface area contributed by atoms with E-state index in [9.17, 15) is 4.79 Å². The van der Waals surface area contributed by atoms with Crippen molar-refractivity contribution in [1.29, 1.82) is 0 Å². The Morgan fingerprint density at radius 1 is 1.53 bits per heavy atom. The van der Waals surface area contributed by atoms with Crippen LogP contribution in [-0.4, -0.2) is 21.9 Å². The van der Waals surface area contributed by atoms with E-state index in [1.54, 1.807) is 18.5 Å². The predicted octanol–water partition coefficient (Wildman–Crippen LogP) is 1.70. The number of aromatic amines is 1. The van der Waals surface area contributed by atoms with Crippen molar-refractivity contribution in [3.05, 3.63) is 30.2 Å². The molecule has 0 fully saturated rings. The van der Waals surface area contributed by atoms with Crippen molar-refractivity contribution in [3.8, 4) is 0 Å². The molecular weight excluding hydrogens is 190 g/mol. The van der Waals surface area contributed by atoms with E-state index in [1.165, 1.54) is 0 Å². The van der Waals surface area contributed by atoms with Gasteiger partial charge < -0.3 is 10.3 Å². The molecule has 0 aliphatic rings. The highest BCUT2D eigenvalue weighted by molar-refractivity contribution is 5.97. The fourth-order valence-electron chi connectivity index (χ4n) is 1.43. The fraction of sp³-hybridized carbons (Fsp3) is 0.273. The summed E-state index contributed by atoms with van der Waals surface area (Å²) < 4.78 is 0. The Bertz CT molecular complexity index is 454. The summed E-state index contributed by atoms with van der Waals surface area (Å²) in [7, 11) is 0. The van der Waals surface area contributed by atoms with Gasteiger partial charge >= 0.3 is 0 Å². The molecule has 0 saturated heterocycles. The summed E-state index contributed by atoms with van der Waals surface area (Å²) in [5.74, 6) is -0.0822. The van der Waals surface area contributed by atoms with Crippen molar-refractivity contribution in [2.24, 2.45) is 0 Å². The summed E-state index contributed by atoms with van der Waals surface area (Å²) in [5, 5.41) is 3.78. The third-order valence-electron chi connectivity index (χ3n) is 2.09. The van der Waals surface area contributed by atoms with Crippen molar-refractivity contribution in [2.75, 3.05) is 0 Å². The topological polar surface area (TPSA) is 57.8 Å². The van der Waals surface area contributed by atoms with E-state index in [1.807, 2.05) is 19.9 Å². The SMILES string of the molecule is CC(C)NC(=O)c1cc2cnccc2[nH]1. The van der Waals surface area contributed by atoms with Gasteiger partial charge in [0.25, 0.3) is 5.91 Å². The molecular formula is C11H13N3O. The summed E-state index contributed by atoms with van der Waals surface area (Å²) in [6.07, 6.45) is 3.43. The van der Waals surface area contributed by atoms with E-state index < -0.39 is 0 Å². The summed E-state index contributed by atoms with van der Waals surface area (Å²) in [6.45, 7) is 3.87. The molecule has 0 aliphatic heterocycles. The summed E-state index contributed by atoms with van der Waals surface area (Å²) in [4.78, 5) is 18.7. The number of hydrogen-bond acceptors (Lipinski definition) is 2. The second-order valence-electron chi connectivity index (χ2n) is 3.77. The maximum atomic E-state index is 11.7. The van der Waals surface area contributed by atoms with Crippen molar-refractivity contribution < 1.29 is 4.79 Å². The number of carbonyl (C=O) groups excluding carboxylic acids is 1. The zero-order valence-corrected chi connectivity index (χ0v) is 8.74. The third-order valence-corrected chi connectivity index (χ3v) is 2.09. The van der Waals surface area contributed by atoms with Crippen LogP contribution in [0.15, 0.2) is 24.5 Å². The Balaban J connectivity index is 2.32. The molecule has 78 valence electrons. The number of fused-ring (bicyclic) bond motifs is 1. The largest absolute Gasteiger partial charge is 0.350 e. The van der Waals surface area contributed by atoms with Gasteiger partial charge in [0, 0.05) is 29.3 Å². The van der Waals surface area contributed by atoms with E-state index in [-0.39, 0.29) is 11.9 Å². The lowest BCUT2D eigenvalue weighted by atomic mass is 10.3. The fourth-order valence-corrected chi connectivity index (χ4v) is 1.43. The van der Waals surface area contributed by atoms with Gasteiger partial charge in [0.2, 0.25) is 0 Å². The Kier molecular flexibility index (Phi) is 2.41. The average Bonchev–Trinajstić information content (AvgIpc) is 2.59. The van der Waals surface area contributed by atoms with Crippen molar-refractivity contribution >= 4 is 16.8 Å². The number of amides is 1. The van der Waals surface area contributed by atoms with Gasteiger partial charge in [0.1, 0.15) is 5.69 Å². The first-order valence-corrected chi connectivity index (χ1v) is 4.90. The first-order chi connectivity index (χ1) is 7.16. The van der Waals surface area contributed by atoms with Crippen LogP contribution in [0.5, 0.6) is 0 Å². The summed E-state index contributed by atoms with van der Waals surface area (Å²) in [6, 6.07) is 3.80. The molecule has 0 aromatic carbocycles. The van der Waals surface area contributed by atoms with Crippen LogP contribution in [0, 0.1) is 0 Å². The molecule has 2 aromatic rings. The first kappa shape index (κ1) is 9.71. The van der Waals surface area contributed by atoms with Gasteiger partial charge in [-0.2, -0.15) is 0 Å². The Hall–Kier alpha value is -1.84. The molecule has 0 spiro atoms. The van der Waals surface area contributed by atoms with Crippen LogP contribution in [0.1, 0.15) is 24.3 Å². The molecule has 0 atom stereocenters. The standard InChI is InChI=1S/C11H13N3O/c1-7(2)13-11(15)10-5-8-6-12-4-3-9(8)14-10/h3-7,14H,1-2H3,(H,13,15). The number of aromatic nitrogens is 2. The summed E-state index contributed by atoms with van der Waals surface area (Å²) in [5.41, 5.74) is 1.51. The Labute approximate surface area is 87.7 Å². The zero-order chi connectivity index (χ0) is 10.8. The minimum atomic E-state index is -0.0822. The molecule has 0 unspecified atom stereocenters. The van der Waals surface area contributed by atoms with Crippen LogP contribution in [0.4, 0.5) is 0 Å². The molecule has 15 heavy (non-hydrogen) atoms. The minimum absolute atomic E-state index is 0.0822. The molecule has 2 N–H and O–H groups in total. The second kappa shape index (κ2) is 3.73. The lowest BCUT2D eigenvalue weighted by molar-refractivity contribution is 0.0939. The number of H-pyrrole nitrogens is 1. The summed E-state index contributed by atoms with van der Waals surface area (Å²) >= 11 is 0. The van der Waals surface area contributed by atoms with E-state index in [0.29, 0.717) is 5.69 Å². The van der Waals surface area contributed by atoms with Gasteiger partial charge in [-0.25, -0.2) is 0 Å². The number of nitrogens with zero attached hydrogens (tertiary/aromatic N) is 1. The van der Waals surface area contributed by atoms with E-state index in [0.717, 1.165) is 10.9 Å². The van der Waals surface area contributed by atoms with Crippen molar-refractivity contribution in [2.45, 2.75) is 19.9 Å². The van der Waals surface area contributed by atoms with Crippen LogP contribution in [0.2, 0.25) is 0 Å². The molecule has 0 aliphatic carbocycles. The van der Waals surface area contributed by atoms with Crippen molar-refractivity contribution in [1.82, 2.24) is 15.3 Å². The molecule has 0 radical (unpaired) electrons. The maximum absolute atomic E-state index is 11.7. The van der Waals surface area contributed by atoms with Crippen LogP contribution in [0.3, 0.4) is 0 Å². The van der Waals surface area contributed by atoms with Gasteiger partial charge in [-0.3, -0.25) is 9.78 Å². The van der Waals surface area contributed by atoms with Gasteiger partial charge in [-0.1, -0.05) is 0 Å². The number of nitrogens with one attached hydrogen (secondary N) is 2. The predicted molar refractivity (Wildman–Crippen MR) is 58.7 cm³/mol. The van der Waals surface area contributed by atoms with Gasteiger partial charge in [0.05, 0.1) is 0 Å². The molecule has 0 bridgehead atoms. The van der Waals surface area contributed by atoms with Crippen LogP contribution >= 0.6 is 0 Å². The highest BCUT2D eigenvalue weighted by atomic mass is 16.1. The Morgan fingerprint density at radius 2 is 2.33 bits per heavy atom. The molecule has 0 saturated carbocycles. The quantitative estimate of drug-likeness (QED) is 0.780. The lowest BCUT2D eigenvalue weighted by Gasteiger charge is -2.05. The normalized spacial score (nSPS) is 10.9. The molecule has 4 nitrogen and oxygen atoms in total. The van der Waals surface area contributed by atoms with Crippen LogP contribution < -0.4 is 5.32 Å². The van der Waals surface area contributed by atoms with Gasteiger partial charge in [-0.15, -0.1) is 0 Å². The van der Waals surface area contributed by atoms with E-state index in [4.69, 9.17) is 0 Å². The lowest BCUT2D eigenvalue weighted by Crippen LogP contribution is -2.30. The van der Waals surface area contributed by atoms with E-state index in [2.05, 4.69) is 15.3 Å². The maximum Gasteiger partial charge on any atom is 0.267 e. The van der Waals surface area contributed by atoms with Crippen LogP contribution in [0.25, 0.3) is 10.9 Å². The third kappa shape index (κ3) is 1.98. The molecule has 1 amide bonds. The van der Waals surface area contributed by atoms with E-state index >= 15 is 0 Å². The first-order valence-electron chi connectivity index (χ1n) is 4.90. The number of carbonyl (C=O) groups is 1. The molecule has 4 heteroatoms. The highest BCUT2D eigenvalue weighted by Gasteiger charge is 2.09.